The van der Waals surface area contributed by atoms with Crippen molar-refractivity contribution in [3.05, 3.63) is 109 Å². The van der Waals surface area contributed by atoms with E-state index in [0.29, 0.717) is 0 Å². The Hall–Kier alpha value is -5.98. The zero-order chi connectivity index (χ0) is 35.6. The Kier molecular flexibility index (Phi) is 15.0. The van der Waals surface area contributed by atoms with Crippen LogP contribution in [0, 0.1) is 0 Å². The van der Waals surface area contributed by atoms with E-state index in [4.69, 9.17) is 40.2 Å². The summed E-state index contributed by atoms with van der Waals surface area (Å²) in [7, 11) is 0. The molecule has 3 aromatic carbocycles. The number of rotatable bonds is 18. The Labute approximate surface area is 286 Å². The minimum Gasteiger partial charge on any atom is -0.515 e. The minimum absolute atomic E-state index is 0.0126. The van der Waals surface area contributed by atoms with Gasteiger partial charge in [-0.25, -0.2) is 29.0 Å². The molecule has 0 aromatic heterocycles. The molecule has 0 radical (unpaired) electrons. The predicted octanol–water partition coefficient (Wildman–Crippen LogP) is 7.28. The number of carbonyl (C=O) groups is 3. The first-order valence-electron chi connectivity index (χ1n) is 14.2. The maximum absolute atomic E-state index is 12.5. The average molecular weight is 697 g/mol. The van der Waals surface area contributed by atoms with Crippen molar-refractivity contribution in [3.8, 4) is 34.5 Å². The molecule has 0 heterocycles. The largest absolute Gasteiger partial charge is 1.21 e. The lowest BCUT2D eigenvalue weighted by atomic mass is 10.3. The van der Waals surface area contributed by atoms with Crippen molar-refractivity contribution in [3.63, 3.8) is 0 Å². The van der Waals surface area contributed by atoms with Crippen molar-refractivity contribution >= 4 is 33.6 Å². The van der Waals surface area contributed by atoms with Gasteiger partial charge in [-0.3, -0.25) is 14.7 Å². The first-order valence-corrected chi connectivity index (χ1v) is 15.7. The first kappa shape index (κ1) is 37.5. The van der Waals surface area contributed by atoms with Gasteiger partial charge >= 0.3 is 33.6 Å². The molecule has 0 amide bonds. The monoisotopic (exact) mass is 696 g/mol. The molecule has 0 atom stereocenters. The molecule has 0 fully saturated rings. The van der Waals surface area contributed by atoms with E-state index in [9.17, 15) is 14.4 Å². The van der Waals surface area contributed by atoms with Crippen LogP contribution in [0.5, 0.6) is 34.5 Å². The first-order chi connectivity index (χ1) is 23.5. The van der Waals surface area contributed by atoms with Crippen molar-refractivity contribution in [2.45, 2.75) is 20.8 Å². The molecule has 0 unspecified atom stereocenters. The maximum Gasteiger partial charge on any atom is 1.21 e. The number of hydrogen-bond acceptors (Lipinski definition) is 15. The Bertz CT molecular complexity index is 1430. The Morgan fingerprint density at radius 3 is 0.959 bits per heavy atom. The number of para-hydroxylation sites is 6. The van der Waals surface area contributed by atoms with Crippen LogP contribution in [-0.2, 0) is 26.0 Å². The molecular formula is C33H33AlO15. The van der Waals surface area contributed by atoms with E-state index in [1.807, 2.05) is 0 Å². The maximum atomic E-state index is 12.5. The molecule has 0 aliphatic carbocycles. The molecule has 0 bridgehead atoms. The average Bonchev–Trinajstić information content (AvgIpc) is 3.07. The molecule has 0 aliphatic heterocycles. The summed E-state index contributed by atoms with van der Waals surface area (Å²) in [6, 6.07) is 18.6. The Morgan fingerprint density at radius 1 is 0.469 bits per heavy atom. The Balaban J connectivity index is 1.66. The van der Waals surface area contributed by atoms with Crippen LogP contribution in [-0.4, -0.2) is 53.4 Å². The summed E-state index contributed by atoms with van der Waals surface area (Å²) in [6.07, 6.45) is -4.73. The molecule has 49 heavy (non-hydrogen) atoms. The van der Waals surface area contributed by atoms with Crippen LogP contribution in [0.2, 0.25) is 0 Å². The van der Waals surface area contributed by atoms with Gasteiger partial charge < -0.3 is 25.6 Å². The van der Waals surface area contributed by atoms with Crippen LogP contribution in [0.4, 0.5) is 14.4 Å². The quantitative estimate of drug-likeness (QED) is 0.0564. The van der Waals surface area contributed by atoms with Crippen molar-refractivity contribution in [1.82, 2.24) is 0 Å². The molecule has 258 valence electrons. The van der Waals surface area contributed by atoms with Crippen LogP contribution in [0.3, 0.4) is 0 Å². The highest BCUT2D eigenvalue weighted by molar-refractivity contribution is 6.43. The highest BCUT2D eigenvalue weighted by Gasteiger charge is 2.52. The van der Waals surface area contributed by atoms with E-state index in [-0.39, 0.29) is 54.3 Å². The topological polar surface area (TPSA) is 162 Å². The van der Waals surface area contributed by atoms with Gasteiger partial charge in [-0.15, -0.1) is 0 Å². The van der Waals surface area contributed by atoms with E-state index in [1.165, 1.54) is 18.2 Å². The summed E-state index contributed by atoms with van der Waals surface area (Å²) in [4.78, 5) is 66.5. The van der Waals surface area contributed by atoms with Gasteiger partial charge in [-0.05, 0) is 73.9 Å². The van der Waals surface area contributed by atoms with E-state index in [1.54, 1.807) is 75.4 Å². The van der Waals surface area contributed by atoms with Gasteiger partial charge in [0.25, 0.3) is 0 Å². The number of carbonyl (C=O) groups excluding carboxylic acids is 3. The number of ether oxygens (including phenoxy) is 3. The van der Waals surface area contributed by atoms with Crippen molar-refractivity contribution in [2.75, 3.05) is 19.8 Å². The third kappa shape index (κ3) is 14.1. The molecule has 0 aliphatic rings. The fourth-order valence-electron chi connectivity index (χ4n) is 3.12. The van der Waals surface area contributed by atoms with Gasteiger partial charge in [-0.1, -0.05) is 56.1 Å². The van der Waals surface area contributed by atoms with Gasteiger partial charge in [0.2, 0.25) is 17.2 Å². The van der Waals surface area contributed by atoms with Gasteiger partial charge in [0.15, 0.2) is 17.2 Å². The van der Waals surface area contributed by atoms with Gasteiger partial charge in [0.1, 0.15) is 19.8 Å². The van der Waals surface area contributed by atoms with E-state index in [0.717, 1.165) is 16.7 Å². The predicted molar refractivity (Wildman–Crippen MR) is 171 cm³/mol. The van der Waals surface area contributed by atoms with Crippen LogP contribution < -0.4 is 28.9 Å². The highest BCUT2D eigenvalue weighted by atomic mass is 27.3. The molecule has 0 saturated heterocycles. The third-order valence-electron chi connectivity index (χ3n) is 5.15. The fraction of sp³-hybridized carbons (Fsp3) is 0.182. The third-order valence-corrected chi connectivity index (χ3v) is 6.30. The van der Waals surface area contributed by atoms with Gasteiger partial charge in [0.05, 0.1) is 0 Å². The second-order valence-electron chi connectivity index (χ2n) is 9.97. The van der Waals surface area contributed by atoms with Gasteiger partial charge in [0, 0.05) is 0 Å². The summed E-state index contributed by atoms with van der Waals surface area (Å²) in [5, 5.41) is 0. The lowest BCUT2D eigenvalue weighted by molar-refractivity contribution is -0.175. The molecule has 16 heteroatoms. The van der Waals surface area contributed by atoms with Crippen molar-refractivity contribution < 1.29 is 69.3 Å². The summed E-state index contributed by atoms with van der Waals surface area (Å²) >= 11 is -4.19. The molecular weight excluding hydrogens is 663 g/mol. The normalized spacial score (nSPS) is 9.86. The smallest absolute Gasteiger partial charge is 0.515 e. The summed E-state index contributed by atoms with van der Waals surface area (Å²) in [5.41, 5.74) is 2.15. The van der Waals surface area contributed by atoms with Gasteiger partial charge in [-0.2, -0.15) is 0 Å². The van der Waals surface area contributed by atoms with Crippen LogP contribution in [0.15, 0.2) is 109 Å². The zero-order valence-corrected chi connectivity index (χ0v) is 28.0. The standard InChI is InChI=1S/3C11H12O5.Al/c3*1-8(2)7-14-9-5-3-4-6-10(9)15-16-11(12)13;/h3*3-6H,1,7H2,2H3,(H,12,13);/q;;;+3/p-3. The van der Waals surface area contributed by atoms with E-state index < -0.39 is 33.6 Å². The number of benzene rings is 3. The molecule has 3 rings (SSSR count). The van der Waals surface area contributed by atoms with E-state index in [2.05, 4.69) is 34.4 Å². The fourth-order valence-corrected chi connectivity index (χ4v) is 3.85. The van der Waals surface area contributed by atoms with Crippen LogP contribution in [0.25, 0.3) is 0 Å². The zero-order valence-electron chi connectivity index (χ0n) is 26.9. The number of hydrogen-bond donors (Lipinski definition) is 0. The summed E-state index contributed by atoms with van der Waals surface area (Å²) < 4.78 is 31.3. The molecule has 0 saturated carbocycles. The van der Waals surface area contributed by atoms with Crippen molar-refractivity contribution in [2.24, 2.45) is 0 Å². The molecule has 0 spiro atoms. The molecule has 3 aromatic rings. The molecule has 15 nitrogen and oxygen atoms in total. The lowest BCUT2D eigenvalue weighted by Gasteiger charge is -2.14. The second-order valence-corrected chi connectivity index (χ2v) is 11.3. The van der Waals surface area contributed by atoms with E-state index >= 15 is 0 Å². The SMILES string of the molecule is C=C(C)COc1ccccc1OOC(=O)[O][Al]([O]C(=O)OOc1ccccc1OCC(=C)C)[O]C(=O)OOc1ccccc1OCC(=C)C. The Morgan fingerprint density at radius 2 is 0.714 bits per heavy atom. The summed E-state index contributed by atoms with van der Waals surface area (Å²) in [5.74, 6) is 0.590. The van der Waals surface area contributed by atoms with Crippen LogP contribution >= 0.6 is 0 Å². The highest BCUT2D eigenvalue weighted by Crippen LogP contribution is 2.29. The minimum atomic E-state index is -4.19. The second kappa shape index (κ2) is 19.6. The van der Waals surface area contributed by atoms with Crippen molar-refractivity contribution in [1.29, 1.82) is 0 Å². The van der Waals surface area contributed by atoms with Crippen LogP contribution in [0.1, 0.15) is 20.8 Å². The summed E-state index contributed by atoms with van der Waals surface area (Å²) in [6.45, 7) is 17.0. The molecule has 0 N–H and O–H groups in total. The lowest BCUT2D eigenvalue weighted by Crippen LogP contribution is -2.36.